The van der Waals surface area contributed by atoms with Gasteiger partial charge in [0.1, 0.15) is 11.9 Å². The van der Waals surface area contributed by atoms with Crippen LogP contribution < -0.4 is 4.90 Å². The number of aromatic hydroxyl groups is 1. The van der Waals surface area contributed by atoms with E-state index < -0.39 is 6.17 Å². The highest BCUT2D eigenvalue weighted by Gasteiger charge is 2.29. The minimum atomic E-state index is -0.829. The molecule has 0 saturated heterocycles. The number of alkyl halides is 1. The standard InChI is InChI=1S/C21H24FN5O/c1-26-13-15(12-23-26)14-7-8-16(20(28)11-14)18-9-10-21(25-24-18)27(2)19-6-4-3-5-17(19)22/h7-13,17,19,28H,3-6H2,1-2H3/t17-,19-/m0/s1. The predicted octanol–water partition coefficient (Wildman–Crippen LogP) is 3.97. The molecular weight excluding hydrogens is 357 g/mol. The summed E-state index contributed by atoms with van der Waals surface area (Å²) in [6.07, 6.45) is 6.24. The number of phenols is 1. The van der Waals surface area contributed by atoms with Crippen molar-refractivity contribution in [2.45, 2.75) is 37.9 Å². The SMILES string of the molecule is CN(c1ccc(-c2ccc(-c3cnn(C)c3)cc2O)nn1)[C@H]1CCCC[C@@H]1F. The maximum Gasteiger partial charge on any atom is 0.151 e. The van der Waals surface area contributed by atoms with Crippen molar-refractivity contribution in [2.75, 3.05) is 11.9 Å². The zero-order chi connectivity index (χ0) is 19.7. The zero-order valence-corrected chi connectivity index (χ0v) is 16.1. The second-order valence-corrected chi connectivity index (χ2v) is 7.39. The van der Waals surface area contributed by atoms with Gasteiger partial charge in [-0.05, 0) is 42.7 Å². The molecule has 0 unspecified atom stereocenters. The van der Waals surface area contributed by atoms with Gasteiger partial charge in [0.25, 0.3) is 0 Å². The first kappa shape index (κ1) is 18.4. The van der Waals surface area contributed by atoms with Crippen LogP contribution in [-0.4, -0.2) is 44.3 Å². The quantitative estimate of drug-likeness (QED) is 0.741. The van der Waals surface area contributed by atoms with Gasteiger partial charge in [0.05, 0.1) is 17.9 Å². The Morgan fingerprint density at radius 1 is 1.11 bits per heavy atom. The molecule has 1 saturated carbocycles. The van der Waals surface area contributed by atoms with Crippen LogP contribution in [0.3, 0.4) is 0 Å². The van der Waals surface area contributed by atoms with E-state index in [0.717, 1.165) is 30.4 Å². The van der Waals surface area contributed by atoms with Crippen molar-refractivity contribution in [2.24, 2.45) is 7.05 Å². The molecule has 4 rings (SSSR count). The van der Waals surface area contributed by atoms with E-state index in [1.807, 2.05) is 49.5 Å². The summed E-state index contributed by atoms with van der Waals surface area (Å²) in [6.45, 7) is 0. The number of anilines is 1. The van der Waals surface area contributed by atoms with Gasteiger partial charge in [-0.15, -0.1) is 10.2 Å². The van der Waals surface area contributed by atoms with E-state index >= 15 is 0 Å². The highest BCUT2D eigenvalue weighted by Crippen LogP contribution is 2.33. The van der Waals surface area contributed by atoms with Gasteiger partial charge in [-0.25, -0.2) is 4.39 Å². The Kier molecular flexibility index (Phi) is 4.98. The number of aromatic nitrogens is 4. The maximum atomic E-state index is 14.2. The fourth-order valence-corrected chi connectivity index (χ4v) is 3.83. The number of aryl methyl sites for hydroxylation is 1. The van der Waals surface area contributed by atoms with Crippen LogP contribution in [-0.2, 0) is 7.05 Å². The van der Waals surface area contributed by atoms with Crippen molar-refractivity contribution in [1.82, 2.24) is 20.0 Å². The van der Waals surface area contributed by atoms with Crippen LogP contribution in [0.4, 0.5) is 10.2 Å². The third-order valence-electron chi connectivity index (χ3n) is 5.47. The number of hydrogen-bond acceptors (Lipinski definition) is 5. The number of halogens is 1. The van der Waals surface area contributed by atoms with Crippen LogP contribution in [0, 0.1) is 0 Å². The van der Waals surface area contributed by atoms with E-state index in [0.29, 0.717) is 23.5 Å². The van der Waals surface area contributed by atoms with Crippen molar-refractivity contribution < 1.29 is 9.50 Å². The second kappa shape index (κ2) is 7.58. The van der Waals surface area contributed by atoms with Crippen molar-refractivity contribution in [1.29, 1.82) is 0 Å². The van der Waals surface area contributed by atoms with E-state index in [1.165, 1.54) is 0 Å². The monoisotopic (exact) mass is 381 g/mol. The molecule has 0 bridgehead atoms. The first-order valence-corrected chi connectivity index (χ1v) is 9.56. The Hall–Kier alpha value is -2.96. The molecule has 146 valence electrons. The van der Waals surface area contributed by atoms with Crippen LogP contribution >= 0.6 is 0 Å². The lowest BCUT2D eigenvalue weighted by molar-refractivity contribution is 0.213. The predicted molar refractivity (Wildman–Crippen MR) is 107 cm³/mol. The molecule has 2 aromatic heterocycles. The van der Waals surface area contributed by atoms with Gasteiger partial charge < -0.3 is 10.0 Å². The number of phenolic OH excluding ortho intramolecular Hbond substituents is 1. The molecular formula is C21H24FN5O. The average Bonchev–Trinajstić information content (AvgIpc) is 3.14. The number of rotatable bonds is 4. The lowest BCUT2D eigenvalue weighted by atomic mass is 9.92. The summed E-state index contributed by atoms with van der Waals surface area (Å²) < 4.78 is 15.9. The molecule has 3 aromatic rings. The molecule has 1 fully saturated rings. The molecule has 1 aliphatic carbocycles. The topological polar surface area (TPSA) is 67.1 Å². The largest absolute Gasteiger partial charge is 0.507 e. The summed E-state index contributed by atoms with van der Waals surface area (Å²) in [5.41, 5.74) is 2.99. The van der Waals surface area contributed by atoms with E-state index in [-0.39, 0.29) is 11.8 Å². The number of nitrogens with zero attached hydrogens (tertiary/aromatic N) is 5. The molecule has 1 aromatic carbocycles. The third kappa shape index (κ3) is 3.56. The summed E-state index contributed by atoms with van der Waals surface area (Å²) >= 11 is 0. The van der Waals surface area contributed by atoms with Gasteiger partial charge in [0.2, 0.25) is 0 Å². The Labute approximate surface area is 163 Å². The molecule has 1 aliphatic rings. The van der Waals surface area contributed by atoms with Crippen LogP contribution in [0.15, 0.2) is 42.7 Å². The van der Waals surface area contributed by atoms with E-state index in [2.05, 4.69) is 15.3 Å². The molecule has 28 heavy (non-hydrogen) atoms. The molecule has 2 atom stereocenters. The summed E-state index contributed by atoms with van der Waals surface area (Å²) in [7, 11) is 3.72. The Morgan fingerprint density at radius 2 is 1.93 bits per heavy atom. The first-order chi connectivity index (χ1) is 13.5. The lowest BCUT2D eigenvalue weighted by Crippen LogP contribution is -2.41. The van der Waals surface area contributed by atoms with Crippen molar-refractivity contribution in [3.63, 3.8) is 0 Å². The number of benzene rings is 1. The highest BCUT2D eigenvalue weighted by molar-refractivity contribution is 5.73. The van der Waals surface area contributed by atoms with Gasteiger partial charge in [0, 0.05) is 31.4 Å². The van der Waals surface area contributed by atoms with Crippen LogP contribution in [0.5, 0.6) is 5.75 Å². The molecule has 0 amide bonds. The summed E-state index contributed by atoms with van der Waals surface area (Å²) in [5, 5.41) is 23.2. The average molecular weight is 381 g/mol. The van der Waals surface area contributed by atoms with E-state index in [9.17, 15) is 9.50 Å². The normalized spacial score (nSPS) is 19.5. The molecule has 2 heterocycles. The molecule has 1 N–H and O–H groups in total. The third-order valence-corrected chi connectivity index (χ3v) is 5.47. The van der Waals surface area contributed by atoms with Gasteiger partial charge in [0.15, 0.2) is 5.82 Å². The maximum absolute atomic E-state index is 14.2. The molecule has 7 heteroatoms. The summed E-state index contributed by atoms with van der Waals surface area (Å²) in [6, 6.07) is 8.93. The fraction of sp³-hybridized carbons (Fsp3) is 0.381. The highest BCUT2D eigenvalue weighted by atomic mass is 19.1. The summed E-state index contributed by atoms with van der Waals surface area (Å²) in [5.74, 6) is 0.776. The first-order valence-electron chi connectivity index (χ1n) is 9.56. The molecule has 0 spiro atoms. The minimum absolute atomic E-state index is 0.132. The van der Waals surface area contributed by atoms with E-state index in [1.54, 1.807) is 16.9 Å². The molecule has 0 aliphatic heterocycles. The summed E-state index contributed by atoms with van der Waals surface area (Å²) in [4.78, 5) is 1.88. The Bertz CT molecular complexity index is 956. The van der Waals surface area contributed by atoms with Crippen LogP contribution in [0.2, 0.25) is 0 Å². The van der Waals surface area contributed by atoms with Crippen molar-refractivity contribution in [3.05, 3.63) is 42.7 Å². The van der Waals surface area contributed by atoms with Crippen molar-refractivity contribution >= 4 is 5.82 Å². The van der Waals surface area contributed by atoms with Gasteiger partial charge in [-0.2, -0.15) is 5.10 Å². The van der Waals surface area contributed by atoms with Gasteiger partial charge >= 0.3 is 0 Å². The lowest BCUT2D eigenvalue weighted by Gasteiger charge is -2.34. The molecule has 6 nitrogen and oxygen atoms in total. The Morgan fingerprint density at radius 3 is 2.57 bits per heavy atom. The zero-order valence-electron chi connectivity index (χ0n) is 16.1. The smallest absolute Gasteiger partial charge is 0.151 e. The molecule has 0 radical (unpaired) electrons. The van der Waals surface area contributed by atoms with Gasteiger partial charge in [-0.1, -0.05) is 18.9 Å². The van der Waals surface area contributed by atoms with Gasteiger partial charge in [-0.3, -0.25) is 4.68 Å². The second-order valence-electron chi connectivity index (χ2n) is 7.39. The Balaban J connectivity index is 1.55. The fourth-order valence-electron chi connectivity index (χ4n) is 3.83. The minimum Gasteiger partial charge on any atom is -0.507 e. The van der Waals surface area contributed by atoms with Crippen LogP contribution in [0.1, 0.15) is 25.7 Å². The van der Waals surface area contributed by atoms with E-state index in [4.69, 9.17) is 0 Å². The van der Waals surface area contributed by atoms with Crippen LogP contribution in [0.25, 0.3) is 22.4 Å². The number of hydrogen-bond donors (Lipinski definition) is 1. The van der Waals surface area contributed by atoms with Crippen molar-refractivity contribution in [3.8, 4) is 28.1 Å².